The number of rotatable bonds is 5. The zero-order valence-corrected chi connectivity index (χ0v) is 12.6. The Morgan fingerprint density at radius 1 is 1.16 bits per heavy atom. The van der Waals surface area contributed by atoms with Crippen LogP contribution in [0.1, 0.15) is 47.4 Å². The molecule has 19 heavy (non-hydrogen) atoms. The van der Waals surface area contributed by atoms with Crippen LogP contribution < -0.4 is 10.6 Å². The number of hydrogen-bond acceptors (Lipinski definition) is 7. The molecule has 2 aromatic heterocycles. The van der Waals surface area contributed by atoms with Crippen LogP contribution in [0.4, 0.5) is 6.01 Å². The smallest absolute Gasteiger partial charge is 0.316 e. The molecular weight excluding hydrogens is 262 g/mol. The van der Waals surface area contributed by atoms with Gasteiger partial charge in [-0.1, -0.05) is 5.10 Å². The van der Waals surface area contributed by atoms with Crippen molar-refractivity contribution in [2.24, 2.45) is 0 Å². The molecule has 6 nitrogen and oxygen atoms in total. The van der Waals surface area contributed by atoms with E-state index < -0.39 is 0 Å². The van der Waals surface area contributed by atoms with Crippen LogP contribution in [0, 0.1) is 13.8 Å². The van der Waals surface area contributed by atoms with Crippen LogP contribution in [0.2, 0.25) is 0 Å². The molecule has 0 fully saturated rings. The standard InChI is InChI=1S/C12H19N5OS/c1-6-10(19-9(4)14-6)7(2)15-12-17-16-11(18-12)8(3)13-5/h7-8,13H,1-5H3,(H,15,17). The van der Waals surface area contributed by atoms with E-state index in [0.717, 1.165) is 10.7 Å². The predicted octanol–water partition coefficient (Wildman–Crippen LogP) is 2.60. The van der Waals surface area contributed by atoms with Crippen LogP contribution in [-0.2, 0) is 0 Å². The lowest BCUT2D eigenvalue weighted by Gasteiger charge is -2.10. The number of aryl methyl sites for hydroxylation is 2. The Bertz CT molecular complexity index is 550. The zero-order valence-electron chi connectivity index (χ0n) is 11.8. The van der Waals surface area contributed by atoms with Gasteiger partial charge in [0.15, 0.2) is 0 Å². The number of nitrogens with zero attached hydrogens (tertiary/aromatic N) is 3. The van der Waals surface area contributed by atoms with Crippen LogP contribution in [-0.4, -0.2) is 22.2 Å². The SMILES string of the molecule is CNC(C)c1nnc(NC(C)c2sc(C)nc2C)o1. The number of anilines is 1. The molecule has 0 aromatic carbocycles. The van der Waals surface area contributed by atoms with E-state index in [-0.39, 0.29) is 12.1 Å². The van der Waals surface area contributed by atoms with E-state index in [0.29, 0.717) is 11.9 Å². The van der Waals surface area contributed by atoms with Gasteiger partial charge in [-0.05, 0) is 34.7 Å². The van der Waals surface area contributed by atoms with Crippen molar-refractivity contribution < 1.29 is 4.42 Å². The first-order valence-corrected chi connectivity index (χ1v) is 7.04. The Morgan fingerprint density at radius 3 is 2.47 bits per heavy atom. The van der Waals surface area contributed by atoms with Gasteiger partial charge in [0.25, 0.3) is 0 Å². The third-order valence-electron chi connectivity index (χ3n) is 2.92. The highest BCUT2D eigenvalue weighted by atomic mass is 32.1. The number of nitrogens with one attached hydrogen (secondary N) is 2. The van der Waals surface area contributed by atoms with Gasteiger partial charge in [-0.3, -0.25) is 0 Å². The summed E-state index contributed by atoms with van der Waals surface area (Å²) in [5, 5.41) is 15.4. The molecule has 0 radical (unpaired) electrons. The van der Waals surface area contributed by atoms with Crippen molar-refractivity contribution >= 4 is 17.4 Å². The highest BCUT2D eigenvalue weighted by Crippen LogP contribution is 2.27. The maximum atomic E-state index is 5.56. The largest absolute Gasteiger partial charge is 0.406 e. The van der Waals surface area contributed by atoms with Crippen molar-refractivity contribution in [3.63, 3.8) is 0 Å². The van der Waals surface area contributed by atoms with E-state index in [1.165, 1.54) is 4.88 Å². The summed E-state index contributed by atoms with van der Waals surface area (Å²) in [6.07, 6.45) is 0. The molecule has 0 saturated heterocycles. The number of hydrogen-bond donors (Lipinski definition) is 2. The third-order valence-corrected chi connectivity index (χ3v) is 4.17. The molecule has 0 aliphatic carbocycles. The monoisotopic (exact) mass is 281 g/mol. The van der Waals surface area contributed by atoms with Crippen LogP contribution >= 0.6 is 11.3 Å². The van der Waals surface area contributed by atoms with Crippen molar-refractivity contribution in [3.8, 4) is 0 Å². The molecule has 0 bridgehead atoms. The van der Waals surface area contributed by atoms with Gasteiger partial charge in [-0.15, -0.1) is 16.4 Å². The van der Waals surface area contributed by atoms with Crippen LogP contribution in [0.25, 0.3) is 0 Å². The first-order chi connectivity index (χ1) is 9.01. The first kappa shape index (κ1) is 14.0. The van der Waals surface area contributed by atoms with Crippen LogP contribution in [0.3, 0.4) is 0 Å². The maximum Gasteiger partial charge on any atom is 0.316 e. The summed E-state index contributed by atoms with van der Waals surface area (Å²) in [5.41, 5.74) is 1.05. The van der Waals surface area contributed by atoms with E-state index in [1.807, 2.05) is 27.8 Å². The summed E-state index contributed by atoms with van der Waals surface area (Å²) in [4.78, 5) is 5.62. The lowest BCUT2D eigenvalue weighted by molar-refractivity contribution is 0.439. The quantitative estimate of drug-likeness (QED) is 0.877. The number of aromatic nitrogens is 3. The molecule has 0 saturated carbocycles. The molecule has 2 N–H and O–H groups in total. The van der Waals surface area contributed by atoms with Crippen molar-refractivity contribution in [3.05, 3.63) is 21.5 Å². The minimum atomic E-state index is 0.0470. The summed E-state index contributed by atoms with van der Waals surface area (Å²) in [5.74, 6) is 0.578. The summed E-state index contributed by atoms with van der Waals surface area (Å²) in [6.45, 7) is 8.05. The van der Waals surface area contributed by atoms with Crippen LogP contribution in [0.15, 0.2) is 4.42 Å². The molecular formula is C12H19N5OS. The predicted molar refractivity (Wildman–Crippen MR) is 75.4 cm³/mol. The van der Waals surface area contributed by atoms with Gasteiger partial charge >= 0.3 is 6.01 Å². The molecule has 2 heterocycles. The fraction of sp³-hybridized carbons (Fsp3) is 0.583. The maximum absolute atomic E-state index is 5.56. The summed E-state index contributed by atoms with van der Waals surface area (Å²) >= 11 is 1.68. The fourth-order valence-corrected chi connectivity index (χ4v) is 2.72. The average Bonchev–Trinajstić information content (AvgIpc) is 2.95. The lowest BCUT2D eigenvalue weighted by atomic mass is 10.2. The minimum absolute atomic E-state index is 0.0470. The fourth-order valence-electron chi connectivity index (χ4n) is 1.79. The molecule has 0 aliphatic heterocycles. The average molecular weight is 281 g/mol. The van der Waals surface area contributed by atoms with E-state index in [2.05, 4.69) is 32.7 Å². The topological polar surface area (TPSA) is 75.9 Å². The molecule has 0 aliphatic rings. The molecule has 2 aromatic rings. The van der Waals surface area contributed by atoms with Gasteiger partial charge < -0.3 is 15.1 Å². The second kappa shape index (κ2) is 5.66. The van der Waals surface area contributed by atoms with Crippen molar-refractivity contribution in [1.29, 1.82) is 0 Å². The Kier molecular flexibility index (Phi) is 4.16. The van der Waals surface area contributed by atoms with Crippen LogP contribution in [0.5, 0.6) is 0 Å². The highest BCUT2D eigenvalue weighted by molar-refractivity contribution is 7.11. The molecule has 2 unspecified atom stereocenters. The third kappa shape index (κ3) is 3.10. The van der Waals surface area contributed by atoms with Gasteiger partial charge in [0.1, 0.15) is 0 Å². The molecule has 7 heteroatoms. The second-order valence-electron chi connectivity index (χ2n) is 4.50. The van der Waals surface area contributed by atoms with Gasteiger partial charge in [-0.2, -0.15) is 0 Å². The molecule has 104 valence electrons. The van der Waals surface area contributed by atoms with E-state index in [4.69, 9.17) is 4.42 Å². The Labute approximate surface area is 116 Å². The molecule has 0 amide bonds. The normalized spacial score (nSPS) is 14.4. The van der Waals surface area contributed by atoms with Crippen molar-refractivity contribution in [2.45, 2.75) is 39.8 Å². The lowest BCUT2D eigenvalue weighted by Crippen LogP contribution is -2.12. The van der Waals surface area contributed by atoms with Gasteiger partial charge in [0.2, 0.25) is 5.89 Å². The molecule has 0 spiro atoms. The zero-order chi connectivity index (χ0) is 14.0. The first-order valence-electron chi connectivity index (χ1n) is 6.22. The van der Waals surface area contributed by atoms with Gasteiger partial charge in [0, 0.05) is 4.88 Å². The van der Waals surface area contributed by atoms with E-state index >= 15 is 0 Å². The Hall–Kier alpha value is -1.47. The van der Waals surface area contributed by atoms with Crippen molar-refractivity contribution in [1.82, 2.24) is 20.5 Å². The minimum Gasteiger partial charge on any atom is -0.406 e. The van der Waals surface area contributed by atoms with Gasteiger partial charge in [-0.25, -0.2) is 4.98 Å². The summed E-state index contributed by atoms with van der Waals surface area (Å²) < 4.78 is 5.56. The van der Waals surface area contributed by atoms with Gasteiger partial charge in [0.05, 0.1) is 22.8 Å². The second-order valence-corrected chi connectivity index (χ2v) is 5.74. The Balaban J connectivity index is 2.08. The number of thiazole rings is 1. The highest BCUT2D eigenvalue weighted by Gasteiger charge is 2.17. The molecule has 2 rings (SSSR count). The van der Waals surface area contributed by atoms with E-state index in [9.17, 15) is 0 Å². The molecule has 2 atom stereocenters. The van der Waals surface area contributed by atoms with E-state index in [1.54, 1.807) is 11.3 Å². The summed E-state index contributed by atoms with van der Waals surface area (Å²) in [7, 11) is 1.86. The van der Waals surface area contributed by atoms with Crippen molar-refractivity contribution in [2.75, 3.05) is 12.4 Å². The Morgan fingerprint density at radius 2 is 1.89 bits per heavy atom. The summed E-state index contributed by atoms with van der Waals surface area (Å²) in [6, 6.07) is 0.588.